The van der Waals surface area contributed by atoms with Gasteiger partial charge >= 0.3 is 0 Å². The Morgan fingerprint density at radius 3 is 2.75 bits per heavy atom. The van der Waals surface area contributed by atoms with Crippen LogP contribution in [0.4, 0.5) is 5.82 Å². The third-order valence-electron chi connectivity index (χ3n) is 5.91. The fourth-order valence-corrected chi connectivity index (χ4v) is 5.35. The molecule has 3 N–H and O–H groups in total. The molecule has 2 aromatic heterocycles. The normalized spacial score (nSPS) is 26.1. The van der Waals surface area contributed by atoms with E-state index in [2.05, 4.69) is 66.4 Å². The summed E-state index contributed by atoms with van der Waals surface area (Å²) in [5, 5.41) is 10.8. The van der Waals surface area contributed by atoms with Crippen LogP contribution in [0.1, 0.15) is 33.4 Å². The summed E-state index contributed by atoms with van der Waals surface area (Å²) in [6.45, 7) is 10.2. The lowest BCUT2D eigenvalue weighted by molar-refractivity contribution is -0.150. The Morgan fingerprint density at radius 2 is 2.18 bits per heavy atom. The number of carbonyl (C=O) groups excluding carboxylic acids is 1. The molecule has 0 aromatic carbocycles. The first-order valence-corrected chi connectivity index (χ1v) is 13.1. The lowest BCUT2D eigenvalue weighted by Gasteiger charge is -2.40. The van der Waals surface area contributed by atoms with E-state index in [-0.39, 0.29) is 5.04 Å². The number of aliphatic hydroxyl groups excluding tert-OH is 1. The van der Waals surface area contributed by atoms with Gasteiger partial charge in [-0.25, -0.2) is 9.97 Å². The number of fused-ring (bicyclic) bond motifs is 1. The molecule has 154 valence electrons. The van der Waals surface area contributed by atoms with E-state index in [1.807, 2.05) is 10.8 Å². The Labute approximate surface area is 179 Å². The van der Waals surface area contributed by atoms with Gasteiger partial charge in [0.25, 0.3) is 0 Å². The van der Waals surface area contributed by atoms with Crippen molar-refractivity contribution in [2.75, 3.05) is 12.3 Å². The first-order chi connectivity index (χ1) is 13.0. The van der Waals surface area contributed by atoms with Crippen LogP contribution in [-0.2, 0) is 14.0 Å². The average Bonchev–Trinajstić information content (AvgIpc) is 3.13. The van der Waals surface area contributed by atoms with Crippen molar-refractivity contribution in [2.24, 2.45) is 0 Å². The minimum Gasteiger partial charge on any atom is -0.410 e. The maximum absolute atomic E-state index is 12.0. The standard InChI is InChI=1S/C18H27IN4O4Si/c1-17(2,3)28(4,5)27-12-6-13(26-18(12,8-24)9-25)23-7-11(19)14-15(20)21-10-22-16(14)23/h7-8,10,12-13,25H,6,9H2,1-5H3,(H2,20,21,22)/t12-,13+,18+/m0/s1. The highest BCUT2D eigenvalue weighted by Gasteiger charge is 2.53. The predicted octanol–water partition coefficient (Wildman–Crippen LogP) is 2.86. The van der Waals surface area contributed by atoms with E-state index in [9.17, 15) is 9.90 Å². The SMILES string of the molecule is CC(C)(C)[Si](C)(C)O[C@H]1C[C@H](n2cc(I)c3c(N)ncnc32)O[C@]1(C=O)CO. The van der Waals surface area contributed by atoms with E-state index in [0.717, 1.165) is 8.96 Å². The molecule has 1 aliphatic heterocycles. The maximum Gasteiger partial charge on any atom is 0.192 e. The van der Waals surface area contributed by atoms with Gasteiger partial charge in [0.2, 0.25) is 0 Å². The summed E-state index contributed by atoms with van der Waals surface area (Å²) in [5.74, 6) is 0.393. The van der Waals surface area contributed by atoms with Crippen molar-refractivity contribution in [3.05, 3.63) is 16.1 Å². The quantitative estimate of drug-likeness (QED) is 0.356. The van der Waals surface area contributed by atoms with Crippen molar-refractivity contribution in [2.45, 2.75) is 63.3 Å². The Morgan fingerprint density at radius 1 is 1.50 bits per heavy atom. The largest absolute Gasteiger partial charge is 0.410 e. The fraction of sp³-hybridized carbons (Fsp3) is 0.611. The molecule has 0 unspecified atom stereocenters. The Kier molecular flexibility index (Phi) is 5.64. The van der Waals surface area contributed by atoms with Crippen LogP contribution in [-0.4, -0.2) is 52.6 Å². The van der Waals surface area contributed by atoms with Crippen molar-refractivity contribution in [3.8, 4) is 0 Å². The van der Waals surface area contributed by atoms with Gasteiger partial charge in [-0.05, 0) is 40.7 Å². The molecule has 0 bridgehead atoms. The number of hydrogen-bond donors (Lipinski definition) is 2. The zero-order chi connectivity index (χ0) is 20.9. The molecule has 3 atom stereocenters. The molecule has 28 heavy (non-hydrogen) atoms. The van der Waals surface area contributed by atoms with Gasteiger partial charge in [0, 0.05) is 16.2 Å². The first kappa shape index (κ1) is 21.6. The van der Waals surface area contributed by atoms with Crippen LogP contribution < -0.4 is 5.73 Å². The monoisotopic (exact) mass is 518 g/mol. The number of rotatable bonds is 5. The molecule has 2 aromatic rings. The van der Waals surface area contributed by atoms with Crippen LogP contribution in [0.3, 0.4) is 0 Å². The number of anilines is 1. The van der Waals surface area contributed by atoms with Gasteiger partial charge < -0.3 is 24.6 Å². The van der Waals surface area contributed by atoms with Crippen molar-refractivity contribution in [1.29, 1.82) is 0 Å². The second kappa shape index (κ2) is 7.31. The summed E-state index contributed by atoms with van der Waals surface area (Å²) in [5.41, 5.74) is 5.24. The molecule has 3 rings (SSSR count). The molecule has 1 aliphatic rings. The number of aldehydes is 1. The topological polar surface area (TPSA) is 112 Å². The summed E-state index contributed by atoms with van der Waals surface area (Å²) in [7, 11) is -2.19. The minimum atomic E-state index is -2.19. The van der Waals surface area contributed by atoms with Crippen LogP contribution in [0.5, 0.6) is 0 Å². The molecule has 1 fully saturated rings. The van der Waals surface area contributed by atoms with Gasteiger partial charge in [-0.2, -0.15) is 0 Å². The molecule has 3 heterocycles. The van der Waals surface area contributed by atoms with Crippen LogP contribution in [0, 0.1) is 3.57 Å². The van der Waals surface area contributed by atoms with Gasteiger partial charge in [0.1, 0.15) is 24.0 Å². The van der Waals surface area contributed by atoms with Gasteiger partial charge in [-0.3, -0.25) is 4.79 Å². The second-order valence-electron chi connectivity index (χ2n) is 8.75. The van der Waals surface area contributed by atoms with Crippen molar-refractivity contribution >= 4 is 54.0 Å². The summed E-state index contributed by atoms with van der Waals surface area (Å²) < 4.78 is 15.3. The number of halogens is 1. The fourth-order valence-electron chi connectivity index (χ4n) is 3.17. The molecule has 0 radical (unpaired) electrons. The van der Waals surface area contributed by atoms with Crippen molar-refractivity contribution in [3.63, 3.8) is 0 Å². The number of aliphatic hydroxyl groups is 1. The maximum atomic E-state index is 12.0. The zero-order valence-electron chi connectivity index (χ0n) is 16.8. The smallest absolute Gasteiger partial charge is 0.192 e. The number of carbonyl (C=O) groups is 1. The first-order valence-electron chi connectivity index (χ1n) is 9.15. The molecule has 0 spiro atoms. The predicted molar refractivity (Wildman–Crippen MR) is 117 cm³/mol. The molecule has 1 saturated heterocycles. The lowest BCUT2D eigenvalue weighted by atomic mass is 10.00. The highest BCUT2D eigenvalue weighted by Crippen LogP contribution is 2.45. The summed E-state index contributed by atoms with van der Waals surface area (Å²) in [6.07, 6.45) is 3.33. The summed E-state index contributed by atoms with van der Waals surface area (Å²) in [4.78, 5) is 20.4. The van der Waals surface area contributed by atoms with Gasteiger partial charge in [-0.15, -0.1) is 0 Å². The number of hydrogen-bond acceptors (Lipinski definition) is 7. The summed E-state index contributed by atoms with van der Waals surface area (Å²) >= 11 is 2.18. The van der Waals surface area contributed by atoms with E-state index >= 15 is 0 Å². The van der Waals surface area contributed by atoms with Crippen LogP contribution >= 0.6 is 22.6 Å². The molecular weight excluding hydrogens is 491 g/mol. The minimum absolute atomic E-state index is 0.0353. The average molecular weight is 518 g/mol. The molecule has 0 saturated carbocycles. The second-order valence-corrected chi connectivity index (χ2v) is 14.7. The van der Waals surface area contributed by atoms with Crippen LogP contribution in [0.25, 0.3) is 11.0 Å². The number of ether oxygens (including phenoxy) is 1. The van der Waals surface area contributed by atoms with E-state index < -0.39 is 32.9 Å². The van der Waals surface area contributed by atoms with Crippen molar-refractivity contribution in [1.82, 2.24) is 14.5 Å². The Hall–Kier alpha value is -1.08. The van der Waals surface area contributed by atoms with Crippen LogP contribution in [0.15, 0.2) is 12.5 Å². The van der Waals surface area contributed by atoms with Crippen molar-refractivity contribution < 1.29 is 19.1 Å². The van der Waals surface area contributed by atoms with E-state index in [1.165, 1.54) is 6.33 Å². The Bertz CT molecular complexity index is 898. The number of nitrogens with two attached hydrogens (primary N) is 1. The van der Waals surface area contributed by atoms with Gasteiger partial charge in [0.15, 0.2) is 20.2 Å². The van der Waals surface area contributed by atoms with Gasteiger partial charge in [-0.1, -0.05) is 20.8 Å². The van der Waals surface area contributed by atoms with Crippen LogP contribution in [0.2, 0.25) is 18.1 Å². The van der Waals surface area contributed by atoms with E-state index in [4.69, 9.17) is 14.9 Å². The molecule has 8 nitrogen and oxygen atoms in total. The number of nitrogen functional groups attached to an aromatic ring is 1. The van der Waals surface area contributed by atoms with E-state index in [1.54, 1.807) is 0 Å². The number of nitrogens with zero attached hydrogens (tertiary/aromatic N) is 3. The third-order valence-corrected chi connectivity index (χ3v) is 11.2. The Balaban J connectivity index is 2.01. The molecule has 0 aliphatic carbocycles. The number of aromatic nitrogens is 3. The molecule has 10 heteroatoms. The molecule has 0 amide bonds. The third kappa shape index (κ3) is 3.49. The van der Waals surface area contributed by atoms with Gasteiger partial charge in [0.05, 0.1) is 18.1 Å². The zero-order valence-corrected chi connectivity index (χ0v) is 19.9. The summed E-state index contributed by atoms with van der Waals surface area (Å²) in [6, 6.07) is 0. The van der Waals surface area contributed by atoms with E-state index in [0.29, 0.717) is 24.2 Å². The highest BCUT2D eigenvalue weighted by molar-refractivity contribution is 14.1. The highest BCUT2D eigenvalue weighted by atomic mass is 127. The lowest BCUT2D eigenvalue weighted by Crippen LogP contribution is -2.53. The molecular formula is C18H27IN4O4Si.